The number of rotatable bonds is 2. The minimum Gasteiger partial charge on any atom is -0.458 e. The molecular weight excluding hydrogens is 272 g/mol. The fraction of sp³-hybridized carbons (Fsp3) is 0.0526. The Hall–Kier alpha value is -2.32. The molecule has 0 saturated carbocycles. The maximum atomic E-state index is 6.08. The van der Waals surface area contributed by atoms with E-state index in [2.05, 4.69) is 78.9 Å². The highest BCUT2D eigenvalue weighted by Gasteiger charge is 2.28. The zero-order valence-electron chi connectivity index (χ0n) is 11.7. The molecule has 1 nitrogen and oxygen atoms in total. The van der Waals surface area contributed by atoms with E-state index in [1.807, 2.05) is 0 Å². The molecule has 0 saturated heterocycles. The van der Waals surface area contributed by atoms with Crippen LogP contribution in [0.1, 0.15) is 5.56 Å². The van der Waals surface area contributed by atoms with Gasteiger partial charge < -0.3 is 4.74 Å². The van der Waals surface area contributed by atoms with E-state index in [0.29, 0.717) is 0 Å². The number of hydrogen-bond acceptors (Lipinski definition) is 1. The molecule has 0 atom stereocenters. The minimum absolute atomic E-state index is 1.05. The Bertz CT molecular complexity index is 722. The van der Waals surface area contributed by atoms with Gasteiger partial charge in [0.05, 0.1) is 0 Å². The smallest absolute Gasteiger partial charge is 0.126 e. The normalized spacial score (nSPS) is 13.1. The lowest BCUT2D eigenvalue weighted by Crippen LogP contribution is -2.48. The molecule has 1 aliphatic heterocycles. The summed E-state index contributed by atoms with van der Waals surface area (Å²) in [6.45, 7) is 0. The highest BCUT2D eigenvalue weighted by Crippen LogP contribution is 2.24. The Kier molecular flexibility index (Phi) is 3.09. The third-order valence-corrected chi connectivity index (χ3v) is 7.43. The first-order chi connectivity index (χ1) is 10.4. The molecule has 1 heterocycles. The number of para-hydroxylation sites is 2. The Morgan fingerprint density at radius 3 is 1.76 bits per heavy atom. The largest absolute Gasteiger partial charge is 0.458 e. The molecule has 0 unspecified atom stereocenters. The van der Waals surface area contributed by atoms with E-state index in [1.54, 1.807) is 0 Å². The molecule has 3 aromatic rings. The van der Waals surface area contributed by atoms with Crippen LogP contribution in [0.5, 0.6) is 11.5 Å². The predicted octanol–water partition coefficient (Wildman–Crippen LogP) is 2.92. The van der Waals surface area contributed by atoms with Gasteiger partial charge in [0.15, 0.2) is 0 Å². The second-order valence-corrected chi connectivity index (χ2v) is 8.18. The number of hydrogen-bond donors (Lipinski definition) is 0. The summed E-state index contributed by atoms with van der Waals surface area (Å²) >= 11 is 0. The number of benzene rings is 3. The summed E-state index contributed by atoms with van der Waals surface area (Å²) in [4.78, 5) is 0. The highest BCUT2D eigenvalue weighted by molar-refractivity contribution is 6.86. The van der Waals surface area contributed by atoms with Crippen molar-refractivity contribution in [3.8, 4) is 11.5 Å². The molecule has 0 aliphatic carbocycles. The average molecular weight is 288 g/mol. The SMILES string of the molecule is c1ccc(C[SiH]2c3ccccc3Oc3ccccc32)cc1. The van der Waals surface area contributed by atoms with Crippen molar-refractivity contribution in [3.63, 3.8) is 0 Å². The quantitative estimate of drug-likeness (QED) is 0.659. The van der Waals surface area contributed by atoms with Crippen LogP contribution in [0.2, 0.25) is 0 Å². The molecule has 4 rings (SSSR count). The third kappa shape index (κ3) is 2.28. The van der Waals surface area contributed by atoms with E-state index >= 15 is 0 Å². The van der Waals surface area contributed by atoms with Gasteiger partial charge >= 0.3 is 0 Å². The lowest BCUT2D eigenvalue weighted by Gasteiger charge is -2.27. The van der Waals surface area contributed by atoms with Crippen molar-refractivity contribution in [2.45, 2.75) is 6.04 Å². The summed E-state index contributed by atoms with van der Waals surface area (Å²) in [5.74, 6) is 2.09. The van der Waals surface area contributed by atoms with E-state index in [4.69, 9.17) is 4.74 Å². The summed E-state index contributed by atoms with van der Waals surface area (Å²) in [7, 11) is -1.27. The standard InChI is InChI=1S/C19H16OSi/c1-2-8-15(9-3-1)14-21-18-12-6-4-10-16(18)20-17-11-5-7-13-19(17)21/h1-13,21H,14H2. The fourth-order valence-corrected chi connectivity index (χ4v) is 6.28. The van der Waals surface area contributed by atoms with E-state index in [9.17, 15) is 0 Å². The summed E-state index contributed by atoms with van der Waals surface area (Å²) in [6, 6.07) is 29.0. The van der Waals surface area contributed by atoms with Crippen molar-refractivity contribution in [1.82, 2.24) is 0 Å². The maximum absolute atomic E-state index is 6.08. The van der Waals surface area contributed by atoms with Crippen molar-refractivity contribution in [2.24, 2.45) is 0 Å². The summed E-state index contributed by atoms with van der Waals surface area (Å²) < 4.78 is 6.08. The van der Waals surface area contributed by atoms with Crippen LogP contribution in [0.3, 0.4) is 0 Å². The summed E-state index contributed by atoms with van der Waals surface area (Å²) in [5, 5.41) is 2.83. The molecule has 0 amide bonds. The molecule has 0 spiro atoms. The van der Waals surface area contributed by atoms with Crippen LogP contribution in [0.4, 0.5) is 0 Å². The predicted molar refractivity (Wildman–Crippen MR) is 89.5 cm³/mol. The fourth-order valence-electron chi connectivity index (χ4n) is 3.08. The van der Waals surface area contributed by atoms with Gasteiger partial charge in [-0.3, -0.25) is 0 Å². The van der Waals surface area contributed by atoms with Gasteiger partial charge in [-0.1, -0.05) is 72.3 Å². The second-order valence-electron chi connectivity index (χ2n) is 5.42. The van der Waals surface area contributed by atoms with Crippen molar-refractivity contribution in [1.29, 1.82) is 0 Å². The topological polar surface area (TPSA) is 9.23 Å². The van der Waals surface area contributed by atoms with Crippen LogP contribution < -0.4 is 15.1 Å². The van der Waals surface area contributed by atoms with Crippen molar-refractivity contribution in [3.05, 3.63) is 84.4 Å². The van der Waals surface area contributed by atoms with Gasteiger partial charge in [-0.15, -0.1) is 0 Å². The lowest BCUT2D eigenvalue weighted by molar-refractivity contribution is 0.487. The molecule has 3 aromatic carbocycles. The zero-order chi connectivity index (χ0) is 14.1. The molecule has 0 aromatic heterocycles. The monoisotopic (exact) mass is 288 g/mol. The van der Waals surface area contributed by atoms with Crippen LogP contribution >= 0.6 is 0 Å². The zero-order valence-corrected chi connectivity index (χ0v) is 12.9. The molecule has 2 heteroatoms. The van der Waals surface area contributed by atoms with E-state index < -0.39 is 8.80 Å². The molecule has 0 radical (unpaired) electrons. The van der Waals surface area contributed by atoms with Crippen LogP contribution in [0, 0.1) is 0 Å². The Morgan fingerprint density at radius 2 is 1.14 bits per heavy atom. The van der Waals surface area contributed by atoms with Crippen molar-refractivity contribution < 1.29 is 4.74 Å². The summed E-state index contributed by atoms with van der Waals surface area (Å²) in [6.07, 6.45) is 0. The van der Waals surface area contributed by atoms with Gasteiger partial charge in [-0.05, 0) is 28.6 Å². The van der Waals surface area contributed by atoms with Crippen LogP contribution in [-0.2, 0) is 6.04 Å². The van der Waals surface area contributed by atoms with Crippen molar-refractivity contribution in [2.75, 3.05) is 0 Å². The lowest BCUT2D eigenvalue weighted by atomic mass is 10.2. The van der Waals surface area contributed by atoms with Gasteiger partial charge in [-0.25, -0.2) is 0 Å². The van der Waals surface area contributed by atoms with E-state index in [1.165, 1.54) is 15.9 Å². The molecule has 102 valence electrons. The van der Waals surface area contributed by atoms with Gasteiger partial charge in [0.2, 0.25) is 0 Å². The number of fused-ring (bicyclic) bond motifs is 2. The van der Waals surface area contributed by atoms with Crippen LogP contribution in [0.25, 0.3) is 0 Å². The third-order valence-electron chi connectivity index (χ3n) is 4.09. The minimum atomic E-state index is -1.27. The van der Waals surface area contributed by atoms with Gasteiger partial charge in [-0.2, -0.15) is 0 Å². The second kappa shape index (κ2) is 5.22. The van der Waals surface area contributed by atoms with Crippen LogP contribution in [0.15, 0.2) is 78.9 Å². The van der Waals surface area contributed by atoms with E-state index in [-0.39, 0.29) is 0 Å². The first-order valence-corrected chi connectivity index (χ1v) is 9.28. The van der Waals surface area contributed by atoms with Crippen LogP contribution in [-0.4, -0.2) is 8.80 Å². The molecule has 0 fully saturated rings. The average Bonchev–Trinajstić information content (AvgIpc) is 2.55. The Labute approximate surface area is 126 Å². The highest BCUT2D eigenvalue weighted by atomic mass is 28.3. The van der Waals surface area contributed by atoms with E-state index in [0.717, 1.165) is 17.5 Å². The van der Waals surface area contributed by atoms with Gasteiger partial charge in [0.1, 0.15) is 20.3 Å². The van der Waals surface area contributed by atoms with Gasteiger partial charge in [0, 0.05) is 0 Å². The first-order valence-electron chi connectivity index (χ1n) is 7.31. The van der Waals surface area contributed by atoms with Crippen molar-refractivity contribution >= 4 is 19.2 Å². The molecule has 21 heavy (non-hydrogen) atoms. The maximum Gasteiger partial charge on any atom is 0.126 e. The Balaban J connectivity index is 1.82. The Morgan fingerprint density at radius 1 is 0.619 bits per heavy atom. The number of ether oxygens (including phenoxy) is 1. The summed E-state index contributed by atoms with van der Waals surface area (Å²) in [5.41, 5.74) is 1.42. The molecule has 1 aliphatic rings. The van der Waals surface area contributed by atoms with Gasteiger partial charge in [0.25, 0.3) is 0 Å². The first kappa shape index (κ1) is 12.4. The molecular formula is C19H16OSi. The molecule has 0 N–H and O–H groups in total. The molecule has 0 bridgehead atoms.